The Morgan fingerprint density at radius 1 is 1.40 bits per heavy atom. The van der Waals surface area contributed by atoms with Crippen molar-refractivity contribution < 1.29 is 18.7 Å². The SMILES string of the molecule is CC(C)(C(=O)O)c1ccc(F)c(Cl)c1F. The van der Waals surface area contributed by atoms with Crippen LogP contribution >= 0.6 is 11.6 Å². The van der Waals surface area contributed by atoms with Gasteiger partial charge in [0.1, 0.15) is 16.7 Å². The molecule has 0 heterocycles. The second-order valence-corrected chi connectivity index (χ2v) is 4.03. The smallest absolute Gasteiger partial charge is 0.313 e. The van der Waals surface area contributed by atoms with Gasteiger partial charge in [0.15, 0.2) is 0 Å². The minimum absolute atomic E-state index is 0.138. The van der Waals surface area contributed by atoms with E-state index in [1.165, 1.54) is 13.8 Å². The summed E-state index contributed by atoms with van der Waals surface area (Å²) in [6.07, 6.45) is 0. The van der Waals surface area contributed by atoms with Crippen molar-refractivity contribution >= 4 is 17.6 Å². The molecule has 82 valence electrons. The van der Waals surface area contributed by atoms with Crippen molar-refractivity contribution in [3.63, 3.8) is 0 Å². The van der Waals surface area contributed by atoms with Gasteiger partial charge in [0.05, 0.1) is 5.41 Å². The summed E-state index contributed by atoms with van der Waals surface area (Å²) in [5, 5.41) is 8.20. The molecule has 15 heavy (non-hydrogen) atoms. The first-order valence-electron chi connectivity index (χ1n) is 4.16. The quantitative estimate of drug-likeness (QED) is 0.799. The van der Waals surface area contributed by atoms with Crippen LogP contribution in [0.3, 0.4) is 0 Å². The average Bonchev–Trinajstić information content (AvgIpc) is 2.13. The van der Waals surface area contributed by atoms with E-state index >= 15 is 0 Å². The Balaban J connectivity index is 3.40. The van der Waals surface area contributed by atoms with Crippen LogP contribution in [0.4, 0.5) is 8.78 Å². The van der Waals surface area contributed by atoms with E-state index in [1.807, 2.05) is 0 Å². The van der Waals surface area contributed by atoms with Crippen molar-refractivity contribution in [1.29, 1.82) is 0 Å². The van der Waals surface area contributed by atoms with Crippen LogP contribution in [0.5, 0.6) is 0 Å². The number of hydrogen-bond donors (Lipinski definition) is 1. The standard InChI is InChI=1S/C10H9ClF2O2/c1-10(2,9(14)15)5-3-4-6(12)7(11)8(5)13/h3-4H,1-2H3,(H,14,15). The van der Waals surface area contributed by atoms with Crippen molar-refractivity contribution in [2.75, 3.05) is 0 Å². The lowest BCUT2D eigenvalue weighted by atomic mass is 9.84. The van der Waals surface area contributed by atoms with Gasteiger partial charge in [-0.25, -0.2) is 8.78 Å². The van der Waals surface area contributed by atoms with Gasteiger partial charge < -0.3 is 5.11 Å². The van der Waals surface area contributed by atoms with Crippen LogP contribution in [0.25, 0.3) is 0 Å². The maximum Gasteiger partial charge on any atom is 0.313 e. The number of halogens is 3. The van der Waals surface area contributed by atoms with Gasteiger partial charge >= 0.3 is 5.97 Å². The van der Waals surface area contributed by atoms with Crippen molar-refractivity contribution in [2.45, 2.75) is 19.3 Å². The largest absolute Gasteiger partial charge is 0.481 e. The zero-order valence-corrected chi connectivity index (χ0v) is 8.90. The van der Waals surface area contributed by atoms with Gasteiger partial charge in [0.25, 0.3) is 0 Å². The third kappa shape index (κ3) is 1.95. The summed E-state index contributed by atoms with van der Waals surface area (Å²) < 4.78 is 26.3. The lowest BCUT2D eigenvalue weighted by molar-refractivity contribution is -0.142. The molecule has 0 aliphatic rings. The van der Waals surface area contributed by atoms with Crippen LogP contribution in [-0.2, 0) is 10.2 Å². The summed E-state index contributed by atoms with van der Waals surface area (Å²) >= 11 is 5.35. The molecule has 0 radical (unpaired) electrons. The van der Waals surface area contributed by atoms with E-state index in [1.54, 1.807) is 0 Å². The van der Waals surface area contributed by atoms with Gasteiger partial charge in [0, 0.05) is 5.56 Å². The third-order valence-electron chi connectivity index (χ3n) is 2.24. The Morgan fingerprint density at radius 3 is 2.40 bits per heavy atom. The van der Waals surface area contributed by atoms with Crippen LogP contribution < -0.4 is 0 Å². The van der Waals surface area contributed by atoms with E-state index in [0.29, 0.717) is 0 Å². The van der Waals surface area contributed by atoms with Crippen molar-refractivity contribution in [1.82, 2.24) is 0 Å². The fourth-order valence-corrected chi connectivity index (χ4v) is 1.29. The van der Waals surface area contributed by atoms with Gasteiger partial charge in [-0.05, 0) is 19.9 Å². The molecule has 0 fully saturated rings. The van der Waals surface area contributed by atoms with Crippen LogP contribution in [0.1, 0.15) is 19.4 Å². The molecule has 1 aromatic carbocycles. The minimum atomic E-state index is -1.44. The highest BCUT2D eigenvalue weighted by Gasteiger charge is 2.33. The lowest BCUT2D eigenvalue weighted by Gasteiger charge is -2.20. The Kier molecular flexibility index (Phi) is 3.00. The second-order valence-electron chi connectivity index (χ2n) is 3.65. The molecule has 1 N–H and O–H groups in total. The summed E-state index contributed by atoms with van der Waals surface area (Å²) in [5.74, 6) is -3.13. The molecular formula is C10H9ClF2O2. The van der Waals surface area contributed by atoms with Gasteiger partial charge in [0.2, 0.25) is 0 Å². The molecule has 0 aliphatic carbocycles. The molecule has 1 aromatic rings. The maximum atomic E-state index is 13.5. The normalized spacial score (nSPS) is 11.5. The van der Waals surface area contributed by atoms with Crippen molar-refractivity contribution in [3.05, 3.63) is 34.4 Å². The predicted molar refractivity (Wildman–Crippen MR) is 52.0 cm³/mol. The van der Waals surface area contributed by atoms with Crippen LogP contribution in [-0.4, -0.2) is 11.1 Å². The summed E-state index contributed by atoms with van der Waals surface area (Å²) in [7, 11) is 0. The van der Waals surface area contributed by atoms with E-state index in [0.717, 1.165) is 12.1 Å². The number of rotatable bonds is 2. The van der Waals surface area contributed by atoms with Crippen LogP contribution in [0, 0.1) is 11.6 Å². The molecular weight excluding hydrogens is 226 g/mol. The first-order valence-corrected chi connectivity index (χ1v) is 4.53. The Labute approximate surface area is 90.5 Å². The van der Waals surface area contributed by atoms with Crippen LogP contribution in [0.15, 0.2) is 12.1 Å². The predicted octanol–water partition coefficient (Wildman–Crippen LogP) is 2.98. The molecule has 0 saturated heterocycles. The van der Waals surface area contributed by atoms with Gasteiger partial charge in [-0.15, -0.1) is 0 Å². The first-order chi connectivity index (χ1) is 6.78. The number of carboxylic acid groups (broad SMARTS) is 1. The number of carbonyl (C=O) groups is 1. The van der Waals surface area contributed by atoms with E-state index in [-0.39, 0.29) is 5.56 Å². The highest BCUT2D eigenvalue weighted by Crippen LogP contribution is 2.31. The van der Waals surface area contributed by atoms with E-state index < -0.39 is 28.0 Å². The van der Waals surface area contributed by atoms with Crippen molar-refractivity contribution in [2.24, 2.45) is 0 Å². The molecule has 0 amide bonds. The van der Waals surface area contributed by atoms with Gasteiger partial charge in [-0.1, -0.05) is 17.7 Å². The molecule has 0 saturated carbocycles. The lowest BCUT2D eigenvalue weighted by Crippen LogP contribution is -2.29. The molecule has 0 aliphatic heterocycles. The molecule has 0 aromatic heterocycles. The number of carboxylic acids is 1. The average molecular weight is 235 g/mol. The number of hydrogen-bond acceptors (Lipinski definition) is 1. The highest BCUT2D eigenvalue weighted by molar-refractivity contribution is 6.31. The molecule has 2 nitrogen and oxygen atoms in total. The Morgan fingerprint density at radius 2 is 1.93 bits per heavy atom. The first kappa shape index (κ1) is 11.9. The van der Waals surface area contributed by atoms with Crippen molar-refractivity contribution in [3.8, 4) is 0 Å². The summed E-state index contributed by atoms with van der Waals surface area (Å²) in [6, 6.07) is 2.04. The second kappa shape index (κ2) is 3.77. The Bertz CT molecular complexity index is 416. The number of benzene rings is 1. The molecule has 0 bridgehead atoms. The van der Waals surface area contributed by atoms with Crippen LogP contribution in [0.2, 0.25) is 5.02 Å². The fraction of sp³-hybridized carbons (Fsp3) is 0.300. The van der Waals surface area contributed by atoms with E-state index in [4.69, 9.17) is 16.7 Å². The molecule has 0 spiro atoms. The molecule has 5 heteroatoms. The van der Waals surface area contributed by atoms with Gasteiger partial charge in [-0.3, -0.25) is 4.79 Å². The summed E-state index contributed by atoms with van der Waals surface area (Å²) in [6.45, 7) is 2.64. The summed E-state index contributed by atoms with van der Waals surface area (Å²) in [4.78, 5) is 10.9. The molecule has 0 atom stereocenters. The Hall–Kier alpha value is -1.16. The monoisotopic (exact) mass is 234 g/mol. The molecule has 1 rings (SSSR count). The van der Waals surface area contributed by atoms with E-state index in [9.17, 15) is 13.6 Å². The van der Waals surface area contributed by atoms with Gasteiger partial charge in [-0.2, -0.15) is 0 Å². The zero-order valence-electron chi connectivity index (χ0n) is 8.14. The maximum absolute atomic E-state index is 13.5. The minimum Gasteiger partial charge on any atom is -0.481 e. The van der Waals surface area contributed by atoms with E-state index in [2.05, 4.69) is 0 Å². The molecule has 0 unspecified atom stereocenters. The third-order valence-corrected chi connectivity index (χ3v) is 2.59. The zero-order chi connectivity index (χ0) is 11.8. The topological polar surface area (TPSA) is 37.3 Å². The summed E-state index contributed by atoms with van der Waals surface area (Å²) in [5.41, 5.74) is -1.58. The number of aliphatic carboxylic acids is 1. The fourth-order valence-electron chi connectivity index (χ4n) is 1.12. The highest BCUT2D eigenvalue weighted by atomic mass is 35.5.